The number of esters is 3. The minimum absolute atomic E-state index is 0.0816. The summed E-state index contributed by atoms with van der Waals surface area (Å²) >= 11 is 0. The first-order chi connectivity index (χ1) is 32.5. The Hall–Kier alpha value is -2.63. The van der Waals surface area contributed by atoms with Gasteiger partial charge in [0.25, 0.3) is 0 Å². The molecule has 1 atom stereocenters. The average molecular weight is 926 g/mol. The maximum atomic E-state index is 12.8. The summed E-state index contributed by atoms with van der Waals surface area (Å²) in [7, 11) is 0. The molecule has 0 aromatic rings. The first-order valence-electron chi connectivity index (χ1n) is 28.7. The molecule has 66 heavy (non-hydrogen) atoms. The fraction of sp³-hybridized carbons (Fsp3) is 0.817. The van der Waals surface area contributed by atoms with E-state index in [1.165, 1.54) is 180 Å². The van der Waals surface area contributed by atoms with Crippen molar-refractivity contribution >= 4 is 17.9 Å². The van der Waals surface area contributed by atoms with Crippen LogP contribution in [0.3, 0.4) is 0 Å². The Balaban J connectivity index is 4.38. The Labute approximate surface area is 409 Å². The second kappa shape index (κ2) is 55.0. The lowest BCUT2D eigenvalue weighted by Gasteiger charge is -2.18. The molecule has 0 bridgehead atoms. The van der Waals surface area contributed by atoms with Crippen LogP contribution in [0.4, 0.5) is 0 Å². The molecule has 0 aromatic heterocycles. The van der Waals surface area contributed by atoms with E-state index in [9.17, 15) is 14.4 Å². The highest BCUT2D eigenvalue weighted by atomic mass is 16.6. The summed E-state index contributed by atoms with van der Waals surface area (Å²) in [6, 6.07) is 0. The normalized spacial score (nSPS) is 12.3. The van der Waals surface area contributed by atoms with E-state index in [1.807, 2.05) is 0 Å². The molecule has 0 saturated heterocycles. The predicted octanol–water partition coefficient (Wildman–Crippen LogP) is 19.0. The van der Waals surface area contributed by atoms with Crippen LogP contribution < -0.4 is 0 Å². The van der Waals surface area contributed by atoms with Crippen molar-refractivity contribution in [1.29, 1.82) is 0 Å². The Morgan fingerprint density at radius 1 is 0.303 bits per heavy atom. The number of allylic oxidation sites excluding steroid dienone is 8. The van der Waals surface area contributed by atoms with Crippen molar-refractivity contribution in [3.8, 4) is 0 Å². The lowest BCUT2D eigenvalue weighted by molar-refractivity contribution is -0.167. The van der Waals surface area contributed by atoms with E-state index in [1.54, 1.807) is 0 Å². The van der Waals surface area contributed by atoms with Crippen LogP contribution in [0, 0.1) is 0 Å². The van der Waals surface area contributed by atoms with Crippen molar-refractivity contribution in [1.82, 2.24) is 0 Å². The maximum absolute atomic E-state index is 12.8. The largest absolute Gasteiger partial charge is 0.462 e. The summed E-state index contributed by atoms with van der Waals surface area (Å²) in [5, 5.41) is 0. The molecule has 6 nitrogen and oxygen atoms in total. The van der Waals surface area contributed by atoms with Crippen LogP contribution in [0.5, 0.6) is 0 Å². The molecule has 0 rings (SSSR count). The van der Waals surface area contributed by atoms with Gasteiger partial charge in [0, 0.05) is 19.3 Å². The molecule has 0 fully saturated rings. The zero-order chi connectivity index (χ0) is 47.9. The van der Waals surface area contributed by atoms with Crippen molar-refractivity contribution in [3.63, 3.8) is 0 Å². The lowest BCUT2D eigenvalue weighted by atomic mass is 10.1. The minimum atomic E-state index is -0.783. The van der Waals surface area contributed by atoms with Gasteiger partial charge in [-0.05, 0) is 96.3 Å². The van der Waals surface area contributed by atoms with E-state index in [4.69, 9.17) is 14.2 Å². The SMILES string of the molecule is CCCCC/C=C\C=C/CCCCCCCCC(=O)OC(COC(=O)CCCCCCC/C=C\CCCCCCCCCCC)COC(=O)CCCCCCCCC/C=C\CCCCCC. The summed E-state index contributed by atoms with van der Waals surface area (Å²) in [6.07, 6.45) is 66.6. The van der Waals surface area contributed by atoms with Gasteiger partial charge in [0.2, 0.25) is 0 Å². The molecule has 0 saturated carbocycles. The zero-order valence-corrected chi connectivity index (χ0v) is 44.0. The van der Waals surface area contributed by atoms with Crippen LogP contribution in [0.1, 0.15) is 297 Å². The Morgan fingerprint density at radius 2 is 0.545 bits per heavy atom. The number of hydrogen-bond donors (Lipinski definition) is 0. The van der Waals surface area contributed by atoms with Gasteiger partial charge >= 0.3 is 17.9 Å². The smallest absolute Gasteiger partial charge is 0.306 e. The highest BCUT2D eigenvalue weighted by Crippen LogP contribution is 2.15. The van der Waals surface area contributed by atoms with E-state index in [0.717, 1.165) is 77.0 Å². The third-order valence-corrected chi connectivity index (χ3v) is 12.6. The van der Waals surface area contributed by atoms with Crippen LogP contribution in [0.25, 0.3) is 0 Å². The molecule has 0 heterocycles. The molecule has 0 aliphatic rings. The minimum Gasteiger partial charge on any atom is -0.462 e. The van der Waals surface area contributed by atoms with Gasteiger partial charge in [0.1, 0.15) is 13.2 Å². The molecular formula is C60H108O6. The van der Waals surface area contributed by atoms with Gasteiger partial charge in [-0.2, -0.15) is 0 Å². The molecule has 0 aliphatic heterocycles. The van der Waals surface area contributed by atoms with Crippen LogP contribution in [0.2, 0.25) is 0 Å². The van der Waals surface area contributed by atoms with Gasteiger partial charge < -0.3 is 14.2 Å². The number of ether oxygens (including phenoxy) is 3. The quantitative estimate of drug-likeness (QED) is 0.0199. The molecule has 0 spiro atoms. The predicted molar refractivity (Wildman–Crippen MR) is 284 cm³/mol. The number of hydrogen-bond acceptors (Lipinski definition) is 6. The summed E-state index contributed by atoms with van der Waals surface area (Å²) in [5.74, 6) is -0.894. The monoisotopic (exact) mass is 925 g/mol. The van der Waals surface area contributed by atoms with E-state index in [-0.39, 0.29) is 31.1 Å². The standard InChI is InChI=1S/C60H108O6/c1-4-7-10-13-16-19-22-25-28-29-30-33-35-38-41-44-47-50-53-59(62)65-56-57(66-60(63)54-51-48-45-42-39-36-32-27-24-21-18-15-12-9-6-3)55-64-58(61)52-49-46-43-40-37-34-31-26-23-20-17-14-11-8-5-2/h18,20-21,23-24,27,30,33,57H,4-17,19,22,25-26,28-29,31-32,34-56H2,1-3H3/b21-18-,23-20-,27-24-,33-30-. The Morgan fingerprint density at radius 3 is 0.894 bits per heavy atom. The maximum Gasteiger partial charge on any atom is 0.306 e. The van der Waals surface area contributed by atoms with Gasteiger partial charge in [-0.25, -0.2) is 0 Å². The number of unbranched alkanes of at least 4 members (excludes halogenated alkanes) is 34. The lowest BCUT2D eigenvalue weighted by Crippen LogP contribution is -2.30. The van der Waals surface area contributed by atoms with Gasteiger partial charge in [-0.15, -0.1) is 0 Å². The fourth-order valence-electron chi connectivity index (χ4n) is 8.19. The molecule has 0 radical (unpaired) electrons. The molecule has 0 N–H and O–H groups in total. The second-order valence-electron chi connectivity index (χ2n) is 19.2. The average Bonchev–Trinajstić information content (AvgIpc) is 3.31. The number of carbonyl (C=O) groups excluding carboxylic acids is 3. The zero-order valence-electron chi connectivity index (χ0n) is 44.0. The van der Waals surface area contributed by atoms with Crippen molar-refractivity contribution in [3.05, 3.63) is 48.6 Å². The number of rotatable bonds is 52. The molecule has 384 valence electrons. The molecule has 0 aliphatic carbocycles. The van der Waals surface area contributed by atoms with E-state index >= 15 is 0 Å². The first kappa shape index (κ1) is 63.4. The highest BCUT2D eigenvalue weighted by Gasteiger charge is 2.19. The van der Waals surface area contributed by atoms with E-state index in [2.05, 4.69) is 69.4 Å². The van der Waals surface area contributed by atoms with Crippen molar-refractivity contribution in [2.75, 3.05) is 13.2 Å². The Kier molecular flexibility index (Phi) is 52.8. The van der Waals surface area contributed by atoms with Gasteiger partial charge in [-0.1, -0.05) is 230 Å². The van der Waals surface area contributed by atoms with Crippen LogP contribution in [0.15, 0.2) is 48.6 Å². The van der Waals surface area contributed by atoms with Crippen molar-refractivity contribution < 1.29 is 28.6 Å². The topological polar surface area (TPSA) is 78.9 Å². The van der Waals surface area contributed by atoms with Gasteiger partial charge in [0.05, 0.1) is 0 Å². The van der Waals surface area contributed by atoms with Crippen LogP contribution in [-0.2, 0) is 28.6 Å². The first-order valence-corrected chi connectivity index (χ1v) is 28.7. The van der Waals surface area contributed by atoms with Crippen LogP contribution >= 0.6 is 0 Å². The molecule has 0 amide bonds. The Bertz CT molecular complexity index is 1150. The third-order valence-electron chi connectivity index (χ3n) is 12.6. The molecule has 1 unspecified atom stereocenters. The summed E-state index contributed by atoms with van der Waals surface area (Å²) in [6.45, 7) is 6.61. The summed E-state index contributed by atoms with van der Waals surface area (Å²) in [5.41, 5.74) is 0. The van der Waals surface area contributed by atoms with E-state index in [0.29, 0.717) is 19.3 Å². The second-order valence-corrected chi connectivity index (χ2v) is 19.2. The summed E-state index contributed by atoms with van der Waals surface area (Å²) in [4.78, 5) is 38.1. The third kappa shape index (κ3) is 52.3. The van der Waals surface area contributed by atoms with E-state index < -0.39 is 6.10 Å². The number of carbonyl (C=O) groups is 3. The summed E-state index contributed by atoms with van der Waals surface area (Å²) < 4.78 is 16.9. The van der Waals surface area contributed by atoms with Crippen molar-refractivity contribution in [2.24, 2.45) is 0 Å². The van der Waals surface area contributed by atoms with Gasteiger partial charge in [-0.3, -0.25) is 14.4 Å². The molecular weight excluding hydrogens is 817 g/mol. The fourth-order valence-corrected chi connectivity index (χ4v) is 8.19. The van der Waals surface area contributed by atoms with Crippen LogP contribution in [-0.4, -0.2) is 37.2 Å². The van der Waals surface area contributed by atoms with Gasteiger partial charge in [0.15, 0.2) is 6.10 Å². The van der Waals surface area contributed by atoms with Crippen molar-refractivity contribution in [2.45, 2.75) is 303 Å². The molecule has 0 aromatic carbocycles. The highest BCUT2D eigenvalue weighted by molar-refractivity contribution is 5.71. The molecule has 6 heteroatoms.